The highest BCUT2D eigenvalue weighted by Crippen LogP contribution is 2.29. The van der Waals surface area contributed by atoms with Crippen LogP contribution in [-0.2, 0) is 22.6 Å². The second-order valence-electron chi connectivity index (χ2n) is 9.19. The molecular formula is C30H32N4O7. The number of fused-ring (bicyclic) bond motifs is 1. The van der Waals surface area contributed by atoms with Crippen LogP contribution in [0.25, 0.3) is 10.9 Å². The number of carbonyl (C=O) groups excluding carboxylic acids is 2. The fourth-order valence-corrected chi connectivity index (χ4v) is 4.39. The molecule has 0 spiro atoms. The van der Waals surface area contributed by atoms with E-state index in [1.807, 2.05) is 0 Å². The highest BCUT2D eigenvalue weighted by atomic mass is 16.5. The molecule has 11 heteroatoms. The van der Waals surface area contributed by atoms with Gasteiger partial charge in [0.25, 0.3) is 11.5 Å². The maximum Gasteiger partial charge on any atom is 0.332 e. The number of hydrogen-bond acceptors (Lipinski definition) is 7. The van der Waals surface area contributed by atoms with E-state index in [4.69, 9.17) is 14.2 Å². The molecule has 4 aromatic rings. The van der Waals surface area contributed by atoms with Crippen LogP contribution in [0.15, 0.2) is 76.3 Å². The topological polar surface area (TPSA) is 130 Å². The van der Waals surface area contributed by atoms with Gasteiger partial charge in [0, 0.05) is 37.6 Å². The zero-order chi connectivity index (χ0) is 29.4. The molecule has 1 heterocycles. The molecule has 0 atom stereocenters. The second kappa shape index (κ2) is 13.4. The van der Waals surface area contributed by atoms with Gasteiger partial charge in [-0.3, -0.25) is 23.5 Å². The van der Waals surface area contributed by atoms with Crippen LogP contribution in [0, 0.1) is 0 Å². The monoisotopic (exact) mass is 560 g/mol. The van der Waals surface area contributed by atoms with Crippen LogP contribution in [0.5, 0.6) is 11.5 Å². The van der Waals surface area contributed by atoms with Crippen molar-refractivity contribution in [1.29, 1.82) is 0 Å². The summed E-state index contributed by atoms with van der Waals surface area (Å²) < 4.78 is 17.9. The van der Waals surface area contributed by atoms with E-state index in [2.05, 4.69) is 10.6 Å². The Bertz CT molecular complexity index is 1660. The van der Waals surface area contributed by atoms with E-state index < -0.39 is 17.2 Å². The Morgan fingerprint density at radius 2 is 1.59 bits per heavy atom. The smallest absolute Gasteiger partial charge is 0.332 e. The number of para-hydroxylation sites is 1. The van der Waals surface area contributed by atoms with Crippen molar-refractivity contribution in [3.8, 4) is 11.5 Å². The average Bonchev–Trinajstić information content (AvgIpc) is 2.99. The number of amides is 2. The summed E-state index contributed by atoms with van der Waals surface area (Å²) in [5.41, 5.74) is 0.819. The molecule has 0 aliphatic rings. The van der Waals surface area contributed by atoms with Crippen LogP contribution >= 0.6 is 0 Å². The standard InChI is InChI=1S/C30H32N4O7/c1-39-16-6-15-31-28(36)21-11-9-20(10-12-21)18-34-29(37)23-7-4-5-8-24(23)33(30(34)38)19-27(35)32-22-13-14-25(40-2)26(17-22)41-3/h4-5,7-14,17H,6,15-16,18-19H2,1-3H3,(H,31,36)(H,32,35). The van der Waals surface area contributed by atoms with Gasteiger partial charge in [0.2, 0.25) is 5.91 Å². The normalized spacial score (nSPS) is 10.8. The number of anilines is 1. The van der Waals surface area contributed by atoms with Gasteiger partial charge in [-0.15, -0.1) is 0 Å². The first-order valence-electron chi connectivity index (χ1n) is 13.0. The number of nitrogens with zero attached hydrogens (tertiary/aromatic N) is 2. The van der Waals surface area contributed by atoms with Gasteiger partial charge in [-0.2, -0.15) is 0 Å². The summed E-state index contributed by atoms with van der Waals surface area (Å²) in [7, 11) is 4.61. The lowest BCUT2D eigenvalue weighted by molar-refractivity contribution is -0.116. The van der Waals surface area contributed by atoms with E-state index in [9.17, 15) is 19.2 Å². The predicted octanol–water partition coefficient (Wildman–Crippen LogP) is 2.63. The lowest BCUT2D eigenvalue weighted by Crippen LogP contribution is -2.42. The van der Waals surface area contributed by atoms with Crippen molar-refractivity contribution in [2.45, 2.75) is 19.5 Å². The highest BCUT2D eigenvalue weighted by Gasteiger charge is 2.17. The molecule has 0 bridgehead atoms. The summed E-state index contributed by atoms with van der Waals surface area (Å²) in [6.07, 6.45) is 0.698. The quantitative estimate of drug-likeness (QED) is 0.255. The molecule has 0 unspecified atom stereocenters. The summed E-state index contributed by atoms with van der Waals surface area (Å²) in [4.78, 5) is 52.3. The van der Waals surface area contributed by atoms with E-state index in [1.54, 1.807) is 73.8 Å². The molecule has 11 nitrogen and oxygen atoms in total. The molecule has 2 amide bonds. The molecule has 2 N–H and O–H groups in total. The average molecular weight is 561 g/mol. The Kier molecular flexibility index (Phi) is 9.54. The van der Waals surface area contributed by atoms with E-state index in [-0.39, 0.29) is 19.0 Å². The lowest BCUT2D eigenvalue weighted by atomic mass is 10.1. The SMILES string of the molecule is COCCCNC(=O)c1ccc(Cn2c(=O)c3ccccc3n(CC(=O)Nc3ccc(OC)c(OC)c3)c2=O)cc1. The highest BCUT2D eigenvalue weighted by molar-refractivity contribution is 5.94. The third kappa shape index (κ3) is 6.82. The summed E-state index contributed by atoms with van der Waals surface area (Å²) in [6, 6.07) is 18.3. The third-order valence-electron chi connectivity index (χ3n) is 6.47. The molecule has 0 saturated carbocycles. The minimum Gasteiger partial charge on any atom is -0.493 e. The number of ether oxygens (including phenoxy) is 3. The van der Waals surface area contributed by atoms with Crippen LogP contribution in [0.3, 0.4) is 0 Å². The molecule has 0 fully saturated rings. The van der Waals surface area contributed by atoms with E-state index in [1.165, 1.54) is 18.8 Å². The lowest BCUT2D eigenvalue weighted by Gasteiger charge is -2.15. The summed E-state index contributed by atoms with van der Waals surface area (Å²) >= 11 is 0. The van der Waals surface area contributed by atoms with Gasteiger partial charge in [0.05, 0.1) is 31.7 Å². The Morgan fingerprint density at radius 3 is 2.29 bits per heavy atom. The number of methoxy groups -OCH3 is 3. The molecule has 0 aliphatic carbocycles. The minimum atomic E-state index is -0.629. The summed E-state index contributed by atoms with van der Waals surface area (Å²) in [5, 5.41) is 5.89. The van der Waals surface area contributed by atoms with Crippen LogP contribution in [0.2, 0.25) is 0 Å². The van der Waals surface area contributed by atoms with Gasteiger partial charge < -0.3 is 24.8 Å². The minimum absolute atomic E-state index is 0.0322. The Hall–Kier alpha value is -4.90. The summed E-state index contributed by atoms with van der Waals surface area (Å²) in [5.74, 6) is 0.264. The molecule has 41 heavy (non-hydrogen) atoms. The third-order valence-corrected chi connectivity index (χ3v) is 6.47. The van der Waals surface area contributed by atoms with Crippen molar-refractivity contribution >= 4 is 28.4 Å². The van der Waals surface area contributed by atoms with Crippen LogP contribution in [0.1, 0.15) is 22.3 Å². The van der Waals surface area contributed by atoms with Crippen LogP contribution in [0.4, 0.5) is 5.69 Å². The van der Waals surface area contributed by atoms with Gasteiger partial charge in [-0.1, -0.05) is 24.3 Å². The van der Waals surface area contributed by atoms with Crippen LogP contribution < -0.4 is 31.4 Å². The Labute approximate surface area is 236 Å². The predicted molar refractivity (Wildman–Crippen MR) is 155 cm³/mol. The van der Waals surface area contributed by atoms with Gasteiger partial charge in [-0.05, 0) is 48.4 Å². The van der Waals surface area contributed by atoms with Crippen molar-refractivity contribution in [2.75, 3.05) is 39.8 Å². The molecule has 0 saturated heterocycles. The molecule has 0 radical (unpaired) electrons. The number of nitrogens with one attached hydrogen (secondary N) is 2. The molecule has 0 aliphatic heterocycles. The van der Waals surface area contributed by atoms with E-state index >= 15 is 0 Å². The van der Waals surface area contributed by atoms with Crippen molar-refractivity contribution in [3.63, 3.8) is 0 Å². The largest absolute Gasteiger partial charge is 0.493 e. The Balaban J connectivity index is 1.58. The first-order chi connectivity index (χ1) is 19.9. The number of hydrogen-bond donors (Lipinski definition) is 2. The molecule has 214 valence electrons. The second-order valence-corrected chi connectivity index (χ2v) is 9.19. The number of benzene rings is 3. The van der Waals surface area contributed by atoms with E-state index in [0.717, 1.165) is 4.57 Å². The van der Waals surface area contributed by atoms with Crippen molar-refractivity contribution in [1.82, 2.24) is 14.5 Å². The number of carbonyl (C=O) groups is 2. The molecule has 4 rings (SSSR count). The molecule has 3 aromatic carbocycles. The van der Waals surface area contributed by atoms with E-state index in [0.29, 0.717) is 58.8 Å². The molecular weight excluding hydrogens is 528 g/mol. The van der Waals surface area contributed by atoms with Gasteiger partial charge in [0.15, 0.2) is 11.5 Å². The summed E-state index contributed by atoms with van der Waals surface area (Å²) in [6.45, 7) is 0.681. The fourth-order valence-electron chi connectivity index (χ4n) is 4.39. The van der Waals surface area contributed by atoms with Crippen molar-refractivity contribution in [3.05, 3.63) is 98.7 Å². The van der Waals surface area contributed by atoms with Crippen molar-refractivity contribution < 1.29 is 23.8 Å². The maximum atomic E-state index is 13.6. The maximum absolute atomic E-state index is 13.6. The first-order valence-corrected chi connectivity index (χ1v) is 13.0. The first kappa shape index (κ1) is 29.1. The van der Waals surface area contributed by atoms with Gasteiger partial charge >= 0.3 is 5.69 Å². The Morgan fingerprint density at radius 1 is 0.854 bits per heavy atom. The fraction of sp³-hybridized carbons (Fsp3) is 0.267. The van der Waals surface area contributed by atoms with Crippen LogP contribution in [-0.4, -0.2) is 55.4 Å². The number of aromatic nitrogens is 2. The zero-order valence-corrected chi connectivity index (χ0v) is 23.1. The number of rotatable bonds is 12. The molecule has 1 aromatic heterocycles. The zero-order valence-electron chi connectivity index (χ0n) is 23.1. The van der Waals surface area contributed by atoms with Gasteiger partial charge in [-0.25, -0.2) is 4.79 Å². The van der Waals surface area contributed by atoms with Gasteiger partial charge in [0.1, 0.15) is 6.54 Å². The van der Waals surface area contributed by atoms with Crippen molar-refractivity contribution in [2.24, 2.45) is 0 Å².